The summed E-state index contributed by atoms with van der Waals surface area (Å²) in [6.45, 7) is 0. The molecule has 0 atom stereocenters. The van der Waals surface area contributed by atoms with Crippen LogP contribution in [0.15, 0.2) is 0 Å². The van der Waals surface area contributed by atoms with Crippen LogP contribution < -0.4 is 5.73 Å². The minimum Gasteiger partial charge on any atom is -0.389 e. The first-order valence-electron chi connectivity index (χ1n) is 2.86. The van der Waals surface area contributed by atoms with Gasteiger partial charge in [-0.1, -0.05) is 22.9 Å². The van der Waals surface area contributed by atoms with Gasteiger partial charge in [-0.25, -0.2) is 4.98 Å². The lowest BCUT2D eigenvalue weighted by Crippen LogP contribution is -2.12. The van der Waals surface area contributed by atoms with Crippen LogP contribution in [0.25, 0.3) is 0 Å². The molecule has 0 radical (unpaired) electrons. The van der Waals surface area contributed by atoms with Crippen LogP contribution in [0.1, 0.15) is 5.69 Å². The third-order valence-electron chi connectivity index (χ3n) is 1.07. The number of nitrogens with zero attached hydrogens (tertiary/aromatic N) is 1. The van der Waals surface area contributed by atoms with Gasteiger partial charge in [0.1, 0.15) is 5.00 Å². The molecule has 0 amide bonds. The van der Waals surface area contributed by atoms with Gasteiger partial charge < -0.3 is 5.73 Å². The third kappa shape index (κ3) is 2.53. The second kappa shape index (κ2) is 3.10. The Hall–Kier alpha value is -0.490. The summed E-state index contributed by atoms with van der Waals surface area (Å²) in [5, 5.41) is 0.0253. The number of halogens is 4. The molecule has 0 aliphatic carbocycles. The second-order valence-corrected chi connectivity index (χ2v) is 3.68. The van der Waals surface area contributed by atoms with Crippen LogP contribution in [0, 0.1) is 0 Å². The SMILES string of the molecule is Nc1sc(Cl)nc1CC(F)(F)F. The molecule has 2 N–H and O–H groups in total. The molecule has 7 heteroatoms. The van der Waals surface area contributed by atoms with Crippen molar-refractivity contribution in [2.24, 2.45) is 0 Å². The van der Waals surface area contributed by atoms with Gasteiger partial charge in [-0.05, 0) is 0 Å². The number of nitrogen functional groups attached to an aromatic ring is 1. The normalized spacial score (nSPS) is 12.0. The van der Waals surface area contributed by atoms with Crippen LogP contribution in [0.2, 0.25) is 4.47 Å². The number of nitrogens with two attached hydrogens (primary N) is 1. The molecular weight excluding hydrogens is 213 g/mol. The highest BCUT2D eigenvalue weighted by Gasteiger charge is 2.30. The number of hydrogen-bond donors (Lipinski definition) is 1. The fraction of sp³-hybridized carbons (Fsp3) is 0.400. The molecule has 1 aromatic rings. The number of anilines is 1. The van der Waals surface area contributed by atoms with E-state index in [1.54, 1.807) is 0 Å². The molecule has 2 nitrogen and oxygen atoms in total. The molecular formula is C5H4ClF3N2S. The van der Waals surface area contributed by atoms with Gasteiger partial charge in [-0.2, -0.15) is 13.2 Å². The summed E-state index contributed by atoms with van der Waals surface area (Å²) in [6.07, 6.45) is -5.41. The monoisotopic (exact) mass is 216 g/mol. The van der Waals surface area contributed by atoms with Gasteiger partial charge >= 0.3 is 6.18 Å². The summed E-state index contributed by atoms with van der Waals surface area (Å²) in [5.41, 5.74) is 5.02. The molecule has 0 saturated heterocycles. The fourth-order valence-corrected chi connectivity index (χ4v) is 1.57. The number of rotatable bonds is 1. The van der Waals surface area contributed by atoms with E-state index >= 15 is 0 Å². The highest BCUT2D eigenvalue weighted by molar-refractivity contribution is 7.19. The number of alkyl halides is 3. The number of thiazole rings is 1. The van der Waals surface area contributed by atoms with Gasteiger partial charge in [0.25, 0.3) is 0 Å². The maximum absolute atomic E-state index is 11.8. The largest absolute Gasteiger partial charge is 0.394 e. The van der Waals surface area contributed by atoms with Crippen molar-refractivity contribution >= 4 is 27.9 Å². The molecule has 0 unspecified atom stereocenters. The maximum atomic E-state index is 11.8. The van der Waals surface area contributed by atoms with Crippen molar-refractivity contribution in [1.82, 2.24) is 4.98 Å². The Morgan fingerprint density at radius 1 is 1.50 bits per heavy atom. The van der Waals surface area contributed by atoms with Gasteiger partial charge in [0.2, 0.25) is 0 Å². The molecule has 0 aromatic carbocycles. The molecule has 0 bridgehead atoms. The lowest BCUT2D eigenvalue weighted by molar-refractivity contribution is -0.127. The molecule has 0 aliphatic heterocycles. The van der Waals surface area contributed by atoms with E-state index in [1.807, 2.05) is 0 Å². The Balaban J connectivity index is 2.82. The average molecular weight is 217 g/mol. The Morgan fingerprint density at radius 3 is 2.42 bits per heavy atom. The Labute approximate surface area is 75.2 Å². The van der Waals surface area contributed by atoms with E-state index < -0.39 is 12.6 Å². The summed E-state index contributed by atoms with van der Waals surface area (Å²) >= 11 is 6.20. The van der Waals surface area contributed by atoms with Crippen LogP contribution in [0.5, 0.6) is 0 Å². The summed E-state index contributed by atoms with van der Waals surface area (Å²) in [4.78, 5) is 3.43. The first-order chi connectivity index (χ1) is 5.38. The molecule has 68 valence electrons. The zero-order valence-electron chi connectivity index (χ0n) is 5.65. The van der Waals surface area contributed by atoms with Gasteiger partial charge in [0.15, 0.2) is 4.47 Å². The molecule has 1 heterocycles. The maximum Gasteiger partial charge on any atom is 0.394 e. The van der Waals surface area contributed by atoms with E-state index in [2.05, 4.69) is 4.98 Å². The van der Waals surface area contributed by atoms with Crippen molar-refractivity contribution in [3.8, 4) is 0 Å². The lowest BCUT2D eigenvalue weighted by atomic mass is 10.3. The van der Waals surface area contributed by atoms with Gasteiger partial charge in [-0.15, -0.1) is 0 Å². The first-order valence-corrected chi connectivity index (χ1v) is 4.05. The van der Waals surface area contributed by atoms with Gasteiger partial charge in [-0.3, -0.25) is 0 Å². The second-order valence-electron chi connectivity index (χ2n) is 2.07. The van der Waals surface area contributed by atoms with E-state index in [9.17, 15) is 13.2 Å². The highest BCUT2D eigenvalue weighted by atomic mass is 35.5. The Kier molecular flexibility index (Phi) is 2.48. The van der Waals surface area contributed by atoms with Crippen molar-refractivity contribution in [3.63, 3.8) is 0 Å². The van der Waals surface area contributed by atoms with Crippen LogP contribution >= 0.6 is 22.9 Å². The topological polar surface area (TPSA) is 38.9 Å². The van der Waals surface area contributed by atoms with Gasteiger partial charge in [0, 0.05) is 0 Å². The minimum absolute atomic E-state index is 0.0253. The number of aromatic nitrogens is 1. The van der Waals surface area contributed by atoms with Crippen molar-refractivity contribution in [2.45, 2.75) is 12.6 Å². The zero-order valence-corrected chi connectivity index (χ0v) is 7.22. The van der Waals surface area contributed by atoms with Crippen molar-refractivity contribution in [2.75, 3.05) is 5.73 Å². The van der Waals surface area contributed by atoms with E-state index in [0.717, 1.165) is 11.3 Å². The Morgan fingerprint density at radius 2 is 2.08 bits per heavy atom. The summed E-state index contributed by atoms with van der Waals surface area (Å²) in [5.74, 6) is 0. The van der Waals surface area contributed by atoms with E-state index in [-0.39, 0.29) is 15.2 Å². The van der Waals surface area contributed by atoms with Gasteiger partial charge in [0.05, 0.1) is 12.1 Å². The summed E-state index contributed by atoms with van der Waals surface area (Å²) in [7, 11) is 0. The molecule has 1 rings (SSSR count). The minimum atomic E-state index is -4.29. The van der Waals surface area contributed by atoms with Crippen LogP contribution in [-0.2, 0) is 6.42 Å². The molecule has 0 aliphatic rings. The predicted octanol–water partition coefficient (Wildman–Crippen LogP) is 2.48. The Bertz CT molecular complexity index is 283. The standard InChI is InChI=1S/C5H4ClF3N2S/c6-4-11-2(3(10)12-4)1-5(7,8)9/h1,10H2. The van der Waals surface area contributed by atoms with Crippen molar-refractivity contribution in [3.05, 3.63) is 10.2 Å². The average Bonchev–Trinajstić information content (AvgIpc) is 2.06. The molecule has 0 saturated carbocycles. The smallest absolute Gasteiger partial charge is 0.389 e. The number of hydrogen-bond acceptors (Lipinski definition) is 3. The van der Waals surface area contributed by atoms with Crippen LogP contribution in [-0.4, -0.2) is 11.2 Å². The zero-order chi connectivity index (χ0) is 9.35. The van der Waals surface area contributed by atoms with E-state index in [4.69, 9.17) is 17.3 Å². The third-order valence-corrected chi connectivity index (χ3v) is 2.10. The molecule has 1 aromatic heterocycles. The molecule has 12 heavy (non-hydrogen) atoms. The highest BCUT2D eigenvalue weighted by Crippen LogP contribution is 2.30. The van der Waals surface area contributed by atoms with Crippen LogP contribution in [0.4, 0.5) is 18.2 Å². The molecule has 0 spiro atoms. The van der Waals surface area contributed by atoms with Crippen molar-refractivity contribution in [1.29, 1.82) is 0 Å². The quantitative estimate of drug-likeness (QED) is 0.783. The van der Waals surface area contributed by atoms with E-state index in [1.165, 1.54) is 0 Å². The lowest BCUT2D eigenvalue weighted by Gasteiger charge is -2.02. The van der Waals surface area contributed by atoms with E-state index in [0.29, 0.717) is 0 Å². The van der Waals surface area contributed by atoms with Crippen molar-refractivity contribution < 1.29 is 13.2 Å². The predicted molar refractivity (Wildman–Crippen MR) is 41.3 cm³/mol. The summed E-state index contributed by atoms with van der Waals surface area (Å²) < 4.78 is 35.4. The summed E-state index contributed by atoms with van der Waals surface area (Å²) in [6, 6.07) is 0. The van der Waals surface area contributed by atoms with Crippen LogP contribution in [0.3, 0.4) is 0 Å². The first kappa shape index (κ1) is 9.60. The molecule has 0 fully saturated rings. The fourth-order valence-electron chi connectivity index (χ4n) is 0.650.